The second kappa shape index (κ2) is 7.68. The van der Waals surface area contributed by atoms with Crippen molar-refractivity contribution in [3.63, 3.8) is 0 Å². The fourth-order valence-electron chi connectivity index (χ4n) is 3.16. The number of halogens is 2. The van der Waals surface area contributed by atoms with Gasteiger partial charge in [-0.15, -0.1) is 0 Å². The van der Waals surface area contributed by atoms with Crippen LogP contribution in [0, 0.1) is 5.92 Å². The molecule has 1 aliphatic carbocycles. The van der Waals surface area contributed by atoms with Crippen LogP contribution in [0.2, 0.25) is 0 Å². The number of carbonyl (C=O) groups is 1. The third kappa shape index (κ3) is 5.39. The van der Waals surface area contributed by atoms with E-state index >= 15 is 0 Å². The van der Waals surface area contributed by atoms with Crippen LogP contribution in [-0.2, 0) is 4.74 Å². The molecular formula is C17H28F2N4O2. The molecular weight excluding hydrogens is 330 g/mol. The number of aromatic nitrogens is 2. The number of nitrogens with one attached hydrogen (secondary N) is 1. The smallest absolute Gasteiger partial charge is 0.412 e. The average molecular weight is 358 g/mol. The molecule has 3 N–H and O–H groups in total. The van der Waals surface area contributed by atoms with Gasteiger partial charge in [0.05, 0.1) is 11.7 Å². The summed E-state index contributed by atoms with van der Waals surface area (Å²) in [6.45, 7) is 7.12. The number of carbonyl (C=O) groups excluding carboxylic acids is 1. The molecule has 1 heterocycles. The van der Waals surface area contributed by atoms with Gasteiger partial charge in [-0.1, -0.05) is 0 Å². The van der Waals surface area contributed by atoms with E-state index in [1.54, 1.807) is 25.5 Å². The van der Waals surface area contributed by atoms with Crippen LogP contribution in [0.3, 0.4) is 0 Å². The third-order valence-corrected chi connectivity index (χ3v) is 4.46. The van der Waals surface area contributed by atoms with Crippen molar-refractivity contribution in [3.05, 3.63) is 11.9 Å². The molecule has 1 atom stereocenters. The van der Waals surface area contributed by atoms with Gasteiger partial charge in [-0.3, -0.25) is 10.00 Å². The summed E-state index contributed by atoms with van der Waals surface area (Å²) in [6, 6.07) is 0.182. The first-order chi connectivity index (χ1) is 11.6. The molecule has 1 fully saturated rings. The Balaban J connectivity index is 2.10. The lowest BCUT2D eigenvalue weighted by molar-refractivity contribution is 0.0635. The van der Waals surface area contributed by atoms with Crippen LogP contribution in [-0.4, -0.2) is 27.5 Å². The lowest BCUT2D eigenvalue weighted by atomic mass is 9.82. The van der Waals surface area contributed by atoms with E-state index in [4.69, 9.17) is 10.5 Å². The Morgan fingerprint density at radius 3 is 2.44 bits per heavy atom. The summed E-state index contributed by atoms with van der Waals surface area (Å²) in [6.07, 6.45) is 1.50. The van der Waals surface area contributed by atoms with E-state index in [9.17, 15) is 13.6 Å². The molecule has 1 aromatic heterocycles. The van der Waals surface area contributed by atoms with E-state index in [0.717, 1.165) is 25.7 Å². The molecule has 142 valence electrons. The first-order valence-electron chi connectivity index (χ1n) is 8.69. The molecule has 1 aliphatic rings. The SMILES string of the molecule is C[C@@H](N)C1CCC(n2cc(NC(=O)OC(C)(C)C)c(C(F)F)n2)CC1. The average Bonchev–Trinajstić information content (AvgIpc) is 2.89. The van der Waals surface area contributed by atoms with Gasteiger partial charge in [0.25, 0.3) is 6.43 Å². The minimum atomic E-state index is -2.77. The standard InChI is InChI=1S/C17H28F2N4O2/c1-10(20)11-5-7-12(8-6-11)23-9-13(14(22-23)15(18)19)21-16(24)25-17(2,3)4/h9-12,15H,5-8,20H2,1-4H3,(H,21,24)/t10-,11?,12?/m1/s1. The Hall–Kier alpha value is -1.70. The first-order valence-corrected chi connectivity index (χ1v) is 8.69. The Morgan fingerprint density at radius 1 is 1.36 bits per heavy atom. The number of nitrogens with two attached hydrogens (primary N) is 1. The molecule has 1 saturated carbocycles. The van der Waals surface area contributed by atoms with E-state index < -0.39 is 23.8 Å². The molecule has 8 heteroatoms. The molecule has 1 aromatic rings. The number of amides is 1. The van der Waals surface area contributed by atoms with E-state index in [1.807, 2.05) is 6.92 Å². The van der Waals surface area contributed by atoms with Gasteiger partial charge in [-0.2, -0.15) is 5.10 Å². The second-order valence-corrected chi connectivity index (χ2v) is 7.76. The van der Waals surface area contributed by atoms with Crippen LogP contribution in [0.5, 0.6) is 0 Å². The lowest BCUT2D eigenvalue weighted by Crippen LogP contribution is -2.31. The zero-order chi connectivity index (χ0) is 18.8. The summed E-state index contributed by atoms with van der Waals surface area (Å²) in [4.78, 5) is 11.9. The Bertz CT molecular complexity index is 588. The number of anilines is 1. The molecule has 25 heavy (non-hydrogen) atoms. The maximum atomic E-state index is 13.3. The highest BCUT2D eigenvalue weighted by Crippen LogP contribution is 2.35. The van der Waals surface area contributed by atoms with E-state index in [1.165, 1.54) is 6.20 Å². The summed E-state index contributed by atoms with van der Waals surface area (Å²) in [5.41, 5.74) is 4.80. The van der Waals surface area contributed by atoms with Crippen LogP contribution in [0.4, 0.5) is 19.3 Å². The van der Waals surface area contributed by atoms with E-state index in [2.05, 4.69) is 10.4 Å². The van der Waals surface area contributed by atoms with Gasteiger partial charge < -0.3 is 10.5 Å². The molecule has 0 aliphatic heterocycles. The van der Waals surface area contributed by atoms with Crippen molar-refractivity contribution < 1.29 is 18.3 Å². The highest BCUT2D eigenvalue weighted by molar-refractivity contribution is 5.85. The highest BCUT2D eigenvalue weighted by Gasteiger charge is 2.28. The molecule has 0 spiro atoms. The first kappa shape index (κ1) is 19.6. The van der Waals surface area contributed by atoms with Gasteiger partial charge in [0.2, 0.25) is 0 Å². The normalized spacial score (nSPS) is 22.7. The van der Waals surface area contributed by atoms with Crippen LogP contribution >= 0.6 is 0 Å². The minimum Gasteiger partial charge on any atom is -0.444 e. The van der Waals surface area contributed by atoms with Gasteiger partial charge in [-0.05, 0) is 59.3 Å². The summed E-state index contributed by atoms with van der Waals surface area (Å²) >= 11 is 0. The summed E-state index contributed by atoms with van der Waals surface area (Å²) in [5.74, 6) is 0.459. The Morgan fingerprint density at radius 2 is 1.96 bits per heavy atom. The van der Waals surface area contributed by atoms with Crippen molar-refractivity contribution in [2.75, 3.05) is 5.32 Å². The summed E-state index contributed by atoms with van der Waals surface area (Å²) in [7, 11) is 0. The van der Waals surface area contributed by atoms with Crippen LogP contribution in [0.25, 0.3) is 0 Å². The summed E-state index contributed by atoms with van der Waals surface area (Å²) in [5, 5.41) is 6.41. The number of nitrogens with zero attached hydrogens (tertiary/aromatic N) is 2. The fourth-order valence-corrected chi connectivity index (χ4v) is 3.16. The van der Waals surface area contributed by atoms with Gasteiger partial charge >= 0.3 is 6.09 Å². The Labute approximate surface area is 147 Å². The maximum Gasteiger partial charge on any atom is 0.412 e. The van der Waals surface area contributed by atoms with Gasteiger partial charge in [0.1, 0.15) is 5.60 Å². The minimum absolute atomic E-state index is 0.00133. The van der Waals surface area contributed by atoms with Crippen LogP contribution < -0.4 is 11.1 Å². The van der Waals surface area contributed by atoms with Gasteiger partial charge in [0.15, 0.2) is 5.69 Å². The van der Waals surface area contributed by atoms with E-state index in [0.29, 0.717) is 5.92 Å². The largest absolute Gasteiger partial charge is 0.444 e. The number of hydrogen-bond donors (Lipinski definition) is 2. The molecule has 1 amide bonds. The van der Waals surface area contributed by atoms with Crippen molar-refractivity contribution in [2.24, 2.45) is 11.7 Å². The number of rotatable bonds is 4. The molecule has 2 rings (SSSR count). The number of ether oxygens (including phenoxy) is 1. The topological polar surface area (TPSA) is 82.2 Å². The quantitative estimate of drug-likeness (QED) is 0.843. The molecule has 0 saturated heterocycles. The highest BCUT2D eigenvalue weighted by atomic mass is 19.3. The summed E-state index contributed by atoms with van der Waals surface area (Å²) < 4.78 is 33.2. The zero-order valence-electron chi connectivity index (χ0n) is 15.3. The number of hydrogen-bond acceptors (Lipinski definition) is 4. The van der Waals surface area contributed by atoms with E-state index in [-0.39, 0.29) is 17.8 Å². The predicted molar refractivity (Wildman–Crippen MR) is 91.7 cm³/mol. The van der Waals surface area contributed by atoms with Gasteiger partial charge in [-0.25, -0.2) is 13.6 Å². The third-order valence-electron chi connectivity index (χ3n) is 4.46. The number of alkyl halides is 2. The van der Waals surface area contributed by atoms with Crippen molar-refractivity contribution in [3.8, 4) is 0 Å². The Kier molecular flexibility index (Phi) is 6.03. The molecule has 6 nitrogen and oxygen atoms in total. The van der Waals surface area contributed by atoms with Crippen molar-refractivity contribution in [1.82, 2.24) is 9.78 Å². The van der Waals surface area contributed by atoms with Crippen LogP contribution in [0.1, 0.15) is 71.5 Å². The van der Waals surface area contributed by atoms with Crippen molar-refractivity contribution >= 4 is 11.8 Å². The second-order valence-electron chi connectivity index (χ2n) is 7.76. The molecule has 0 radical (unpaired) electrons. The lowest BCUT2D eigenvalue weighted by Gasteiger charge is -2.30. The predicted octanol–water partition coefficient (Wildman–Crippen LogP) is 4.25. The van der Waals surface area contributed by atoms with Crippen molar-refractivity contribution in [2.45, 2.75) is 77.5 Å². The van der Waals surface area contributed by atoms with Gasteiger partial charge in [0, 0.05) is 12.2 Å². The fraction of sp³-hybridized carbons (Fsp3) is 0.765. The molecule has 0 unspecified atom stereocenters. The van der Waals surface area contributed by atoms with Crippen LogP contribution in [0.15, 0.2) is 6.20 Å². The molecule has 0 aromatic carbocycles. The monoisotopic (exact) mass is 358 g/mol. The zero-order valence-corrected chi connectivity index (χ0v) is 15.3. The molecule has 0 bridgehead atoms. The van der Waals surface area contributed by atoms with Crippen molar-refractivity contribution in [1.29, 1.82) is 0 Å². The maximum absolute atomic E-state index is 13.3.